The van der Waals surface area contributed by atoms with Crippen molar-refractivity contribution < 1.29 is 19.1 Å². The lowest BCUT2D eigenvalue weighted by molar-refractivity contribution is -0.133. The van der Waals surface area contributed by atoms with Crippen molar-refractivity contribution in [2.24, 2.45) is 0 Å². The van der Waals surface area contributed by atoms with E-state index < -0.39 is 0 Å². The van der Waals surface area contributed by atoms with Gasteiger partial charge < -0.3 is 14.4 Å². The van der Waals surface area contributed by atoms with Crippen molar-refractivity contribution >= 4 is 23.3 Å². The van der Waals surface area contributed by atoms with Crippen LogP contribution in [0.4, 0.5) is 0 Å². The number of aryl methyl sites for hydroxylation is 1. The summed E-state index contributed by atoms with van der Waals surface area (Å²) in [6, 6.07) is 25.1. The Hall–Kier alpha value is -3.70. The molecule has 4 rings (SSSR count). The number of hydrogen-bond donors (Lipinski definition) is 0. The molecule has 1 atom stereocenters. The molecule has 34 heavy (non-hydrogen) atoms. The summed E-state index contributed by atoms with van der Waals surface area (Å²) in [6.45, 7) is 5.20. The van der Waals surface area contributed by atoms with Crippen molar-refractivity contribution in [3.05, 3.63) is 101 Å². The Morgan fingerprint density at radius 1 is 1.03 bits per heavy atom. The summed E-state index contributed by atoms with van der Waals surface area (Å²) in [5.41, 5.74) is 4.09. The number of carbonyl (C=O) groups excluding carboxylic acids is 2. The number of hydrogen-bond acceptors (Lipinski definition) is 4. The highest BCUT2D eigenvalue weighted by Crippen LogP contribution is 2.23. The number of nitrogens with zero attached hydrogens (tertiary/aromatic N) is 1. The van der Waals surface area contributed by atoms with Crippen LogP contribution in [0.1, 0.15) is 34.0 Å². The van der Waals surface area contributed by atoms with Crippen LogP contribution in [-0.4, -0.2) is 49.0 Å². The molecule has 1 heterocycles. The first-order valence-electron chi connectivity index (χ1n) is 11.5. The average molecular weight is 456 g/mol. The Kier molecular flexibility index (Phi) is 7.55. The van der Waals surface area contributed by atoms with E-state index in [-0.39, 0.29) is 17.8 Å². The monoisotopic (exact) mass is 455 g/mol. The van der Waals surface area contributed by atoms with E-state index in [1.165, 1.54) is 0 Å². The van der Waals surface area contributed by atoms with E-state index >= 15 is 0 Å². The van der Waals surface area contributed by atoms with Gasteiger partial charge in [-0.15, -0.1) is 0 Å². The van der Waals surface area contributed by atoms with Gasteiger partial charge in [0.1, 0.15) is 18.5 Å². The van der Waals surface area contributed by atoms with Crippen LogP contribution in [0.5, 0.6) is 5.75 Å². The quantitative estimate of drug-likeness (QED) is 0.284. The third-order valence-electron chi connectivity index (χ3n) is 5.86. The van der Waals surface area contributed by atoms with Crippen LogP contribution in [0, 0.1) is 6.92 Å². The lowest BCUT2D eigenvalue weighted by atomic mass is 10.0. The van der Waals surface area contributed by atoms with Crippen LogP contribution < -0.4 is 4.74 Å². The summed E-state index contributed by atoms with van der Waals surface area (Å²) < 4.78 is 11.8. The van der Waals surface area contributed by atoms with E-state index in [4.69, 9.17) is 9.47 Å². The summed E-state index contributed by atoms with van der Waals surface area (Å²) >= 11 is 0. The van der Waals surface area contributed by atoms with Gasteiger partial charge in [0.2, 0.25) is 0 Å². The number of benzene rings is 3. The fourth-order valence-corrected chi connectivity index (χ4v) is 4.09. The van der Waals surface area contributed by atoms with Crippen molar-refractivity contribution in [1.82, 2.24) is 4.90 Å². The van der Waals surface area contributed by atoms with Crippen LogP contribution in [0.3, 0.4) is 0 Å². The molecule has 0 aliphatic carbocycles. The highest BCUT2D eigenvalue weighted by atomic mass is 16.5. The van der Waals surface area contributed by atoms with Gasteiger partial charge in [0.15, 0.2) is 5.78 Å². The van der Waals surface area contributed by atoms with Crippen LogP contribution in [0.25, 0.3) is 11.6 Å². The van der Waals surface area contributed by atoms with Gasteiger partial charge in [-0.25, -0.2) is 0 Å². The Bertz CT molecular complexity index is 1170. The lowest BCUT2D eigenvalue weighted by Gasteiger charge is -2.33. The molecule has 1 amide bonds. The molecule has 174 valence electrons. The maximum Gasteiger partial charge on any atom is 0.254 e. The van der Waals surface area contributed by atoms with Gasteiger partial charge in [-0.2, -0.15) is 0 Å². The lowest BCUT2D eigenvalue weighted by Crippen LogP contribution is -2.47. The fraction of sp³-hybridized carbons (Fsp3) is 0.241. The summed E-state index contributed by atoms with van der Waals surface area (Å²) in [5.74, 6) is 0.695. The first-order valence-corrected chi connectivity index (χ1v) is 11.5. The van der Waals surface area contributed by atoms with E-state index in [9.17, 15) is 9.59 Å². The van der Waals surface area contributed by atoms with Gasteiger partial charge in [-0.05, 0) is 54.8 Å². The minimum absolute atomic E-state index is 0.0231. The number of Topliss-reactive ketones (excluding diaryl/α,β-unsaturated/α-hetero) is 1. The summed E-state index contributed by atoms with van der Waals surface area (Å²) in [7, 11) is 0. The molecule has 0 N–H and O–H groups in total. The molecular weight excluding hydrogens is 426 g/mol. The molecule has 5 heteroatoms. The molecule has 0 spiro atoms. The highest BCUT2D eigenvalue weighted by Gasteiger charge is 2.27. The molecule has 1 fully saturated rings. The molecule has 5 nitrogen and oxygen atoms in total. The second-order valence-electron chi connectivity index (χ2n) is 8.42. The molecule has 1 saturated heterocycles. The number of carbonyl (C=O) groups is 2. The number of rotatable bonds is 7. The third-order valence-corrected chi connectivity index (χ3v) is 5.86. The van der Waals surface area contributed by atoms with Gasteiger partial charge in [-0.1, -0.05) is 60.7 Å². The van der Waals surface area contributed by atoms with Gasteiger partial charge in [0, 0.05) is 17.7 Å². The Balaban J connectivity index is 1.46. The predicted octanol–water partition coefficient (Wildman–Crippen LogP) is 5.04. The summed E-state index contributed by atoms with van der Waals surface area (Å²) in [4.78, 5) is 27.1. The van der Waals surface area contributed by atoms with E-state index in [0.29, 0.717) is 43.2 Å². The van der Waals surface area contributed by atoms with E-state index in [1.807, 2.05) is 84.6 Å². The van der Waals surface area contributed by atoms with Gasteiger partial charge >= 0.3 is 0 Å². The molecule has 0 radical (unpaired) electrons. The molecular formula is C29H29NO4. The zero-order valence-corrected chi connectivity index (χ0v) is 19.6. The largest absolute Gasteiger partial charge is 0.491 e. The molecule has 0 aromatic heterocycles. The second kappa shape index (κ2) is 10.9. The molecule has 1 aliphatic heterocycles. The van der Waals surface area contributed by atoms with Crippen molar-refractivity contribution in [3.63, 3.8) is 0 Å². The first-order chi connectivity index (χ1) is 16.5. The molecule has 3 aromatic carbocycles. The van der Waals surface area contributed by atoms with Crippen molar-refractivity contribution in [2.45, 2.75) is 20.0 Å². The topological polar surface area (TPSA) is 55.8 Å². The van der Waals surface area contributed by atoms with Crippen molar-refractivity contribution in [2.75, 3.05) is 26.3 Å². The van der Waals surface area contributed by atoms with Crippen molar-refractivity contribution in [1.29, 1.82) is 0 Å². The SMILES string of the molecule is CC(=O)c1ccc(OCC2CN(C(=O)C(=Cc3ccccc3)c3ccccc3)CCO2)cc1C. The second-order valence-corrected chi connectivity index (χ2v) is 8.42. The average Bonchev–Trinajstić information content (AvgIpc) is 2.87. The predicted molar refractivity (Wildman–Crippen MR) is 134 cm³/mol. The Morgan fingerprint density at radius 2 is 1.74 bits per heavy atom. The summed E-state index contributed by atoms with van der Waals surface area (Å²) in [5, 5.41) is 0. The van der Waals surface area contributed by atoms with Gasteiger partial charge in [-0.3, -0.25) is 9.59 Å². The Labute approximate surface area is 200 Å². The number of ether oxygens (including phenoxy) is 2. The number of morpholine rings is 1. The summed E-state index contributed by atoms with van der Waals surface area (Å²) in [6.07, 6.45) is 1.71. The first kappa shape index (κ1) is 23.5. The zero-order valence-electron chi connectivity index (χ0n) is 19.6. The highest BCUT2D eigenvalue weighted by molar-refractivity contribution is 6.24. The zero-order chi connectivity index (χ0) is 23.9. The van der Waals surface area contributed by atoms with Crippen LogP contribution >= 0.6 is 0 Å². The normalized spacial score (nSPS) is 16.2. The van der Waals surface area contributed by atoms with E-state index in [2.05, 4.69) is 0 Å². The van der Waals surface area contributed by atoms with Crippen LogP contribution in [0.15, 0.2) is 78.9 Å². The molecule has 1 unspecified atom stereocenters. The van der Waals surface area contributed by atoms with E-state index in [1.54, 1.807) is 19.1 Å². The van der Waals surface area contributed by atoms with Crippen LogP contribution in [0.2, 0.25) is 0 Å². The molecule has 1 aliphatic rings. The van der Waals surface area contributed by atoms with E-state index in [0.717, 1.165) is 16.7 Å². The maximum atomic E-state index is 13.6. The Morgan fingerprint density at radius 3 is 2.41 bits per heavy atom. The van der Waals surface area contributed by atoms with Crippen LogP contribution in [-0.2, 0) is 9.53 Å². The smallest absolute Gasteiger partial charge is 0.254 e. The molecule has 0 bridgehead atoms. The standard InChI is InChI=1S/C29H29NO4/c1-21-17-25(13-14-27(21)22(2)31)34-20-26-19-30(15-16-33-26)29(32)28(24-11-7-4-8-12-24)18-23-9-5-3-6-10-23/h3-14,17-18,26H,15-16,19-20H2,1-2H3. The molecule has 3 aromatic rings. The maximum absolute atomic E-state index is 13.6. The number of ketones is 1. The fourth-order valence-electron chi connectivity index (χ4n) is 4.09. The minimum atomic E-state index is -0.237. The van der Waals surface area contributed by atoms with Crippen molar-refractivity contribution in [3.8, 4) is 5.75 Å². The van der Waals surface area contributed by atoms with Gasteiger partial charge in [0.25, 0.3) is 5.91 Å². The third kappa shape index (κ3) is 5.80. The minimum Gasteiger partial charge on any atom is -0.491 e. The number of amides is 1. The van der Waals surface area contributed by atoms with Gasteiger partial charge in [0.05, 0.1) is 13.2 Å². The molecule has 0 saturated carbocycles.